The zero-order chi connectivity index (χ0) is 18.0. The normalized spacial score (nSPS) is 18.8. The number of hydrogen-bond acceptors (Lipinski definition) is 4. The van der Waals surface area contributed by atoms with Gasteiger partial charge in [-0.1, -0.05) is 42.5 Å². The number of allylic oxidation sites excluding steroid dienone is 1. The molecular weight excluding hydrogens is 346 g/mol. The Morgan fingerprint density at radius 3 is 2.44 bits per heavy atom. The van der Waals surface area contributed by atoms with Crippen LogP contribution < -0.4 is 11.4 Å². The van der Waals surface area contributed by atoms with Crippen LogP contribution in [-0.4, -0.2) is 32.4 Å². The van der Waals surface area contributed by atoms with Gasteiger partial charge >= 0.3 is 17.3 Å². The van der Waals surface area contributed by atoms with Gasteiger partial charge in [-0.2, -0.15) is 0 Å². The molecule has 0 spiro atoms. The van der Waals surface area contributed by atoms with Gasteiger partial charge in [-0.05, 0) is 12.5 Å². The van der Waals surface area contributed by atoms with Crippen LogP contribution in [0.5, 0.6) is 0 Å². The molecule has 7 nitrogen and oxygen atoms in total. The molecule has 2 heterocycles. The van der Waals surface area contributed by atoms with Gasteiger partial charge < -0.3 is 4.74 Å². The number of ether oxygens (including phenoxy) is 1. The first-order valence-electron chi connectivity index (χ1n) is 7.99. The molecule has 0 saturated heterocycles. The third-order valence-electron chi connectivity index (χ3n) is 4.07. The Morgan fingerprint density at radius 1 is 1.12 bits per heavy atom. The van der Waals surface area contributed by atoms with Crippen molar-refractivity contribution in [2.24, 2.45) is 0 Å². The first-order valence-corrected chi connectivity index (χ1v) is 8.53. The first kappa shape index (κ1) is 17.3. The Kier molecular flexibility index (Phi) is 4.94. The van der Waals surface area contributed by atoms with E-state index in [2.05, 4.69) is 0 Å². The van der Waals surface area contributed by atoms with Crippen LogP contribution in [0.4, 0.5) is 0 Å². The highest BCUT2D eigenvalue weighted by atomic mass is 35.5. The molecule has 2 atom stereocenters. The van der Waals surface area contributed by atoms with Crippen molar-refractivity contribution in [2.45, 2.75) is 25.6 Å². The highest BCUT2D eigenvalue weighted by Gasteiger charge is 2.33. The van der Waals surface area contributed by atoms with Crippen molar-refractivity contribution in [3.05, 3.63) is 69.0 Å². The quantitative estimate of drug-likeness (QED) is 0.456. The number of alkyl halides is 1. The van der Waals surface area contributed by atoms with Gasteiger partial charge in [0.2, 0.25) is 0 Å². The summed E-state index contributed by atoms with van der Waals surface area (Å²) < 4.78 is 8.54. The van der Waals surface area contributed by atoms with Crippen LogP contribution >= 0.6 is 11.6 Å². The monoisotopic (exact) mass is 363 g/mol. The fraction of sp³-hybridized carbons (Fsp3) is 0.353. The molecule has 0 radical (unpaired) electrons. The second kappa shape index (κ2) is 7.14. The van der Waals surface area contributed by atoms with Gasteiger partial charge in [-0.25, -0.2) is 28.3 Å². The smallest absolute Gasteiger partial charge is 0.348 e. The maximum atomic E-state index is 12.8. The predicted molar refractivity (Wildman–Crippen MR) is 93.1 cm³/mol. The highest BCUT2D eigenvalue weighted by molar-refractivity contribution is 6.17. The highest BCUT2D eigenvalue weighted by Crippen LogP contribution is 2.25. The van der Waals surface area contributed by atoms with Crippen LogP contribution in [0.2, 0.25) is 0 Å². The average Bonchev–Trinajstić information content (AvgIpc) is 2.88. The molecule has 0 bridgehead atoms. The molecule has 3 rings (SSSR count). The second-order valence-electron chi connectivity index (χ2n) is 5.53. The summed E-state index contributed by atoms with van der Waals surface area (Å²) in [5.41, 5.74) is -0.243. The lowest BCUT2D eigenvalue weighted by Gasteiger charge is -2.26. The van der Waals surface area contributed by atoms with Gasteiger partial charge in [0.1, 0.15) is 0 Å². The first-order chi connectivity index (χ1) is 12.1. The Morgan fingerprint density at radius 2 is 1.80 bits per heavy atom. The molecular formula is C17H18ClN3O4. The van der Waals surface area contributed by atoms with E-state index in [4.69, 9.17) is 16.3 Å². The van der Waals surface area contributed by atoms with Crippen molar-refractivity contribution in [2.75, 3.05) is 12.5 Å². The van der Waals surface area contributed by atoms with Crippen molar-refractivity contribution < 1.29 is 9.53 Å². The molecule has 1 aliphatic heterocycles. The molecule has 0 aliphatic carbocycles. The number of benzene rings is 1. The van der Waals surface area contributed by atoms with Gasteiger partial charge in [0.15, 0.2) is 6.04 Å². The molecule has 1 aromatic heterocycles. The summed E-state index contributed by atoms with van der Waals surface area (Å²) in [7, 11) is 0. The standard InChI is InChI=1S/C17H18ClN3O4/c1-2-25-15(22)14-9-8-13(12-6-4-3-5-7-12)20-16(23)19(11-10-18)17(24)21(14)20/h3-9,13-14H,2,10-11H2,1H3/t13-,14+/m0/s1. The van der Waals surface area contributed by atoms with E-state index in [1.54, 1.807) is 19.1 Å². The molecule has 1 aromatic carbocycles. The number of fused-ring (bicyclic) bond motifs is 1. The van der Waals surface area contributed by atoms with Crippen molar-refractivity contribution in [3.63, 3.8) is 0 Å². The van der Waals surface area contributed by atoms with Gasteiger partial charge in [0.25, 0.3) is 0 Å². The minimum atomic E-state index is -0.975. The topological polar surface area (TPSA) is 75.2 Å². The lowest BCUT2D eigenvalue weighted by atomic mass is 10.0. The van der Waals surface area contributed by atoms with Crippen LogP contribution in [0, 0.1) is 0 Å². The van der Waals surface area contributed by atoms with Crippen molar-refractivity contribution in [1.29, 1.82) is 0 Å². The Hall–Kier alpha value is -2.54. The number of carbonyl (C=O) groups is 1. The lowest BCUT2D eigenvalue weighted by Crippen LogP contribution is -2.39. The summed E-state index contributed by atoms with van der Waals surface area (Å²) in [4.78, 5) is 37.8. The number of halogens is 1. The van der Waals surface area contributed by atoms with Crippen molar-refractivity contribution in [1.82, 2.24) is 13.9 Å². The van der Waals surface area contributed by atoms with E-state index in [1.807, 2.05) is 30.3 Å². The van der Waals surface area contributed by atoms with Gasteiger partial charge in [0.05, 0.1) is 12.6 Å². The molecule has 0 fully saturated rings. The lowest BCUT2D eigenvalue weighted by molar-refractivity contribution is -0.146. The molecule has 1 aliphatic rings. The summed E-state index contributed by atoms with van der Waals surface area (Å²) >= 11 is 5.72. The van der Waals surface area contributed by atoms with Gasteiger partial charge in [-0.15, -0.1) is 11.6 Å². The molecule has 0 N–H and O–H groups in total. The SMILES string of the molecule is CCOC(=O)[C@H]1C=C[C@@H](c2ccccc2)n2c(=O)n(CCCl)c(=O)n21. The van der Waals surface area contributed by atoms with Crippen LogP contribution in [0.15, 0.2) is 52.1 Å². The Bertz CT molecular complexity index is 910. The van der Waals surface area contributed by atoms with Crippen molar-refractivity contribution in [3.8, 4) is 0 Å². The van der Waals surface area contributed by atoms with Gasteiger partial charge in [0, 0.05) is 12.4 Å². The zero-order valence-corrected chi connectivity index (χ0v) is 14.4. The molecule has 0 amide bonds. The van der Waals surface area contributed by atoms with E-state index < -0.39 is 29.4 Å². The summed E-state index contributed by atoms with van der Waals surface area (Å²) in [6.07, 6.45) is 3.34. The van der Waals surface area contributed by atoms with Crippen LogP contribution in [0.3, 0.4) is 0 Å². The van der Waals surface area contributed by atoms with E-state index in [0.29, 0.717) is 0 Å². The fourth-order valence-electron chi connectivity index (χ4n) is 2.98. The van der Waals surface area contributed by atoms with Crippen LogP contribution in [0.25, 0.3) is 0 Å². The summed E-state index contributed by atoms with van der Waals surface area (Å²) in [6, 6.07) is 7.83. The molecule has 2 aromatic rings. The Balaban J connectivity index is 2.21. The Labute approximate surface area is 148 Å². The number of carbonyl (C=O) groups excluding carboxylic acids is 1. The number of nitrogens with zero attached hydrogens (tertiary/aromatic N) is 3. The predicted octanol–water partition coefficient (Wildman–Crippen LogP) is 1.31. The number of aromatic nitrogens is 3. The molecule has 0 unspecified atom stereocenters. The molecule has 0 saturated carbocycles. The van der Waals surface area contributed by atoms with Crippen molar-refractivity contribution >= 4 is 17.6 Å². The molecule has 132 valence electrons. The second-order valence-corrected chi connectivity index (χ2v) is 5.91. The minimum Gasteiger partial charge on any atom is -0.464 e. The van der Waals surface area contributed by atoms with Crippen LogP contribution in [-0.2, 0) is 16.1 Å². The fourth-order valence-corrected chi connectivity index (χ4v) is 3.15. The summed E-state index contributed by atoms with van der Waals surface area (Å²) in [6.45, 7) is 1.95. The summed E-state index contributed by atoms with van der Waals surface area (Å²) in [5, 5.41) is 0. The van der Waals surface area contributed by atoms with E-state index >= 15 is 0 Å². The maximum absolute atomic E-state index is 12.8. The molecule has 8 heteroatoms. The van der Waals surface area contributed by atoms with Crippen LogP contribution in [0.1, 0.15) is 24.6 Å². The van der Waals surface area contributed by atoms with E-state index in [9.17, 15) is 14.4 Å². The van der Waals surface area contributed by atoms with E-state index in [1.165, 1.54) is 4.68 Å². The number of esters is 1. The zero-order valence-electron chi connectivity index (χ0n) is 13.7. The maximum Gasteiger partial charge on any atom is 0.348 e. The average molecular weight is 364 g/mol. The third kappa shape index (κ3) is 2.95. The molecule has 25 heavy (non-hydrogen) atoms. The minimum absolute atomic E-state index is 0.0727. The number of hydrogen-bond donors (Lipinski definition) is 0. The van der Waals surface area contributed by atoms with E-state index in [0.717, 1.165) is 14.8 Å². The van der Waals surface area contributed by atoms with E-state index in [-0.39, 0.29) is 19.0 Å². The van der Waals surface area contributed by atoms with Gasteiger partial charge in [-0.3, -0.25) is 0 Å². The number of rotatable bonds is 5. The third-order valence-corrected chi connectivity index (χ3v) is 4.23. The summed E-state index contributed by atoms with van der Waals surface area (Å²) in [5.74, 6) is -0.462. The largest absolute Gasteiger partial charge is 0.464 e.